The number of hydrogen-bond donors (Lipinski definition) is 0. The minimum atomic E-state index is -3.64. The fraction of sp³-hybridized carbons (Fsp3) is 0.500. The first-order chi connectivity index (χ1) is 14.8. The van der Waals surface area contributed by atoms with Crippen molar-refractivity contribution in [2.24, 2.45) is 0 Å². The molecule has 4 rings (SSSR count). The molecule has 2 amide bonds. The molecule has 2 aromatic rings. The maximum absolute atomic E-state index is 14.0. The number of rotatable bonds is 6. The minimum absolute atomic E-state index is 0.114. The van der Waals surface area contributed by atoms with Gasteiger partial charge in [0.15, 0.2) is 5.01 Å². The Bertz CT molecular complexity index is 1070. The predicted octanol–water partition coefficient (Wildman–Crippen LogP) is 2.39. The number of likely N-dealkylation sites (tertiary alicyclic amines) is 1. The number of halogens is 1. The van der Waals surface area contributed by atoms with Crippen LogP contribution in [0.4, 0.5) is 4.39 Å². The van der Waals surface area contributed by atoms with Gasteiger partial charge in [0.25, 0.3) is 0 Å². The third kappa shape index (κ3) is 4.83. The zero-order valence-electron chi connectivity index (χ0n) is 16.9. The molecule has 2 aliphatic rings. The van der Waals surface area contributed by atoms with E-state index in [-0.39, 0.29) is 55.2 Å². The maximum Gasteiger partial charge on any atom is 0.229 e. The van der Waals surface area contributed by atoms with Gasteiger partial charge < -0.3 is 0 Å². The van der Waals surface area contributed by atoms with Gasteiger partial charge in [0.05, 0.1) is 5.75 Å². The van der Waals surface area contributed by atoms with E-state index in [0.717, 1.165) is 11.3 Å². The highest BCUT2D eigenvalue weighted by Gasteiger charge is 2.33. The van der Waals surface area contributed by atoms with Crippen LogP contribution < -0.4 is 0 Å². The average molecular weight is 467 g/mol. The highest BCUT2D eigenvalue weighted by Crippen LogP contribution is 2.34. The average Bonchev–Trinajstić information content (AvgIpc) is 3.24. The largest absolute Gasteiger partial charge is 0.282 e. The van der Waals surface area contributed by atoms with Gasteiger partial charge in [-0.25, -0.2) is 17.1 Å². The molecule has 0 N–H and O–H groups in total. The van der Waals surface area contributed by atoms with Gasteiger partial charge in [-0.3, -0.25) is 14.5 Å². The SMILES string of the molecule is O=C1CCCC(=O)N1CCS(=O)(=O)N1CCC[C@H](c2nnc(-c3ccccc3F)s2)C1. The Labute approximate surface area is 184 Å². The molecule has 0 saturated carbocycles. The van der Waals surface area contributed by atoms with Gasteiger partial charge >= 0.3 is 0 Å². The first-order valence-electron chi connectivity index (χ1n) is 10.2. The zero-order chi connectivity index (χ0) is 22.0. The van der Waals surface area contributed by atoms with E-state index in [1.54, 1.807) is 18.2 Å². The normalized spacial score (nSPS) is 20.9. The van der Waals surface area contributed by atoms with Crippen LogP contribution in [0.5, 0.6) is 0 Å². The van der Waals surface area contributed by atoms with Gasteiger partial charge in [-0.2, -0.15) is 0 Å². The Morgan fingerprint density at radius 2 is 1.84 bits per heavy atom. The molecule has 11 heteroatoms. The predicted molar refractivity (Wildman–Crippen MR) is 113 cm³/mol. The molecule has 0 bridgehead atoms. The number of piperidine rings is 2. The van der Waals surface area contributed by atoms with Crippen molar-refractivity contribution in [3.63, 3.8) is 0 Å². The molecule has 3 heterocycles. The Morgan fingerprint density at radius 1 is 1.10 bits per heavy atom. The third-order valence-corrected chi connectivity index (χ3v) is 8.56. The van der Waals surface area contributed by atoms with Crippen LogP contribution in [0.25, 0.3) is 10.6 Å². The zero-order valence-corrected chi connectivity index (χ0v) is 18.5. The fourth-order valence-corrected chi connectivity index (χ4v) is 6.41. The van der Waals surface area contributed by atoms with Crippen LogP contribution in [0.1, 0.15) is 43.0 Å². The van der Waals surface area contributed by atoms with Gasteiger partial charge in [0, 0.05) is 44.0 Å². The summed E-state index contributed by atoms with van der Waals surface area (Å²) in [6, 6.07) is 6.34. The summed E-state index contributed by atoms with van der Waals surface area (Å²) < 4.78 is 41.2. The molecule has 166 valence electrons. The summed E-state index contributed by atoms with van der Waals surface area (Å²) in [5, 5.41) is 9.45. The van der Waals surface area contributed by atoms with Crippen LogP contribution in [0.2, 0.25) is 0 Å². The van der Waals surface area contributed by atoms with Crippen LogP contribution in [-0.2, 0) is 19.6 Å². The number of hydrogen-bond acceptors (Lipinski definition) is 7. The van der Waals surface area contributed by atoms with E-state index < -0.39 is 10.0 Å². The number of aromatic nitrogens is 2. The van der Waals surface area contributed by atoms with Crippen molar-refractivity contribution >= 4 is 33.2 Å². The van der Waals surface area contributed by atoms with Gasteiger partial charge in [-0.15, -0.1) is 10.2 Å². The summed E-state index contributed by atoms with van der Waals surface area (Å²) in [6.45, 7) is 0.535. The lowest BCUT2D eigenvalue weighted by Crippen LogP contribution is -2.46. The van der Waals surface area contributed by atoms with Crippen LogP contribution >= 0.6 is 11.3 Å². The van der Waals surface area contributed by atoms with E-state index in [1.165, 1.54) is 21.7 Å². The minimum Gasteiger partial charge on any atom is -0.282 e. The Balaban J connectivity index is 1.43. The molecule has 8 nitrogen and oxygen atoms in total. The van der Waals surface area contributed by atoms with E-state index in [4.69, 9.17) is 0 Å². The quantitative estimate of drug-likeness (QED) is 0.606. The van der Waals surface area contributed by atoms with Gasteiger partial charge in [0.1, 0.15) is 10.8 Å². The number of imide groups is 1. The smallest absolute Gasteiger partial charge is 0.229 e. The lowest BCUT2D eigenvalue weighted by Gasteiger charge is -2.32. The van der Waals surface area contributed by atoms with Crippen LogP contribution in [0, 0.1) is 5.82 Å². The van der Waals surface area contributed by atoms with E-state index in [1.807, 2.05) is 0 Å². The molecule has 1 atom stereocenters. The van der Waals surface area contributed by atoms with E-state index in [2.05, 4.69) is 10.2 Å². The van der Waals surface area contributed by atoms with Crippen LogP contribution in [-0.4, -0.2) is 65.0 Å². The molecule has 2 saturated heterocycles. The topological polar surface area (TPSA) is 101 Å². The Kier molecular flexibility index (Phi) is 6.44. The Hall–Kier alpha value is -2.24. The van der Waals surface area contributed by atoms with E-state index in [9.17, 15) is 22.4 Å². The lowest BCUT2D eigenvalue weighted by molar-refractivity contribution is -0.147. The summed E-state index contributed by atoms with van der Waals surface area (Å²) >= 11 is 1.27. The summed E-state index contributed by atoms with van der Waals surface area (Å²) in [7, 11) is -3.64. The van der Waals surface area contributed by atoms with E-state index >= 15 is 0 Å². The summed E-state index contributed by atoms with van der Waals surface area (Å²) in [5.41, 5.74) is 0.377. The second kappa shape index (κ2) is 9.09. The molecule has 0 unspecified atom stereocenters. The van der Waals surface area contributed by atoms with Crippen molar-refractivity contribution in [3.8, 4) is 10.6 Å². The van der Waals surface area contributed by atoms with Gasteiger partial charge in [-0.05, 0) is 31.4 Å². The number of nitrogens with zero attached hydrogens (tertiary/aromatic N) is 4. The molecule has 1 aromatic heterocycles. The van der Waals surface area contributed by atoms with Crippen LogP contribution in [0.3, 0.4) is 0 Å². The highest BCUT2D eigenvalue weighted by molar-refractivity contribution is 7.89. The molecule has 2 aliphatic heterocycles. The molecule has 2 fully saturated rings. The molecule has 0 radical (unpaired) electrons. The molecule has 31 heavy (non-hydrogen) atoms. The van der Waals surface area contributed by atoms with Crippen molar-refractivity contribution in [3.05, 3.63) is 35.1 Å². The third-order valence-electron chi connectivity index (χ3n) is 5.63. The number of amides is 2. The number of sulfonamides is 1. The molecular formula is C20H23FN4O4S2. The molecule has 0 aliphatic carbocycles. The van der Waals surface area contributed by atoms with E-state index in [0.29, 0.717) is 35.0 Å². The second-order valence-electron chi connectivity index (χ2n) is 7.73. The Morgan fingerprint density at radius 3 is 2.58 bits per heavy atom. The maximum atomic E-state index is 14.0. The molecular weight excluding hydrogens is 443 g/mol. The fourth-order valence-electron chi connectivity index (χ4n) is 3.92. The van der Waals surface area contributed by atoms with Crippen molar-refractivity contribution in [1.29, 1.82) is 0 Å². The van der Waals surface area contributed by atoms with Gasteiger partial charge in [0.2, 0.25) is 21.8 Å². The van der Waals surface area contributed by atoms with Crippen molar-refractivity contribution in [1.82, 2.24) is 19.4 Å². The first kappa shape index (κ1) is 22.0. The monoisotopic (exact) mass is 466 g/mol. The number of benzene rings is 1. The van der Waals surface area contributed by atoms with Crippen molar-refractivity contribution < 1.29 is 22.4 Å². The van der Waals surface area contributed by atoms with Gasteiger partial charge in [-0.1, -0.05) is 23.5 Å². The summed E-state index contributed by atoms with van der Waals surface area (Å²) in [5.74, 6) is -1.40. The number of carbonyl (C=O) groups is 2. The van der Waals surface area contributed by atoms with Crippen molar-refractivity contribution in [2.45, 2.75) is 38.0 Å². The first-order valence-corrected chi connectivity index (χ1v) is 12.7. The highest BCUT2D eigenvalue weighted by atomic mass is 32.2. The number of carbonyl (C=O) groups excluding carboxylic acids is 2. The van der Waals surface area contributed by atoms with Crippen molar-refractivity contribution in [2.75, 3.05) is 25.4 Å². The summed E-state index contributed by atoms with van der Waals surface area (Å²) in [6.07, 6.45) is 2.50. The summed E-state index contributed by atoms with van der Waals surface area (Å²) in [4.78, 5) is 24.9. The molecule has 1 aromatic carbocycles. The van der Waals surface area contributed by atoms with Crippen LogP contribution in [0.15, 0.2) is 24.3 Å². The standard InChI is InChI=1S/C20H23FN4O4S2/c21-16-7-2-1-6-15(16)20-23-22-19(30-20)14-5-4-10-24(13-14)31(28,29)12-11-25-17(26)8-3-9-18(25)27/h1-2,6-7,14H,3-5,8-13H2/t14-/m0/s1. The lowest BCUT2D eigenvalue weighted by atomic mass is 10.0. The second-order valence-corrected chi connectivity index (χ2v) is 10.8. The molecule has 0 spiro atoms.